The number of carbonyl (C=O) groups excluding carboxylic acids is 2. The minimum absolute atomic E-state index is 0.0776. The van der Waals surface area contributed by atoms with E-state index in [0.717, 1.165) is 57.9 Å². The Kier molecular flexibility index (Phi) is 7.12. The molecular weight excluding hydrogens is 358 g/mol. The van der Waals surface area contributed by atoms with Crippen molar-refractivity contribution in [1.82, 2.24) is 15.2 Å². The zero-order valence-corrected chi connectivity index (χ0v) is 16.9. The summed E-state index contributed by atoms with van der Waals surface area (Å²) in [5.74, 6) is 0.490. The molecule has 0 radical (unpaired) electrons. The van der Waals surface area contributed by atoms with Crippen molar-refractivity contribution in [2.24, 2.45) is 5.92 Å². The van der Waals surface area contributed by atoms with Crippen LogP contribution >= 0.6 is 0 Å². The van der Waals surface area contributed by atoms with Crippen molar-refractivity contribution in [2.75, 3.05) is 27.3 Å². The van der Waals surface area contributed by atoms with E-state index in [4.69, 9.17) is 9.47 Å². The van der Waals surface area contributed by atoms with Crippen molar-refractivity contribution in [1.29, 1.82) is 0 Å². The van der Waals surface area contributed by atoms with Gasteiger partial charge in [-0.3, -0.25) is 9.59 Å². The van der Waals surface area contributed by atoms with E-state index >= 15 is 0 Å². The van der Waals surface area contributed by atoms with Crippen LogP contribution in [0.4, 0.5) is 0 Å². The van der Waals surface area contributed by atoms with Crippen LogP contribution in [0, 0.1) is 5.92 Å². The second-order valence-corrected chi connectivity index (χ2v) is 7.57. The number of hydrogen-bond acceptors (Lipinski definition) is 5. The maximum Gasteiger partial charge on any atom is 0.259 e. The second kappa shape index (κ2) is 9.75. The molecule has 2 aliphatic rings. The van der Waals surface area contributed by atoms with Crippen molar-refractivity contribution in [3.05, 3.63) is 17.7 Å². The average molecular weight is 389 g/mol. The van der Waals surface area contributed by atoms with Gasteiger partial charge >= 0.3 is 0 Å². The molecule has 1 saturated heterocycles. The number of fused-ring (bicyclic) bond motifs is 1. The highest BCUT2D eigenvalue weighted by atomic mass is 16.5. The molecule has 1 aromatic heterocycles. The van der Waals surface area contributed by atoms with Gasteiger partial charge in [0.25, 0.3) is 5.91 Å². The van der Waals surface area contributed by atoms with Gasteiger partial charge in [0.1, 0.15) is 5.56 Å². The van der Waals surface area contributed by atoms with E-state index in [2.05, 4.69) is 10.3 Å². The summed E-state index contributed by atoms with van der Waals surface area (Å²) >= 11 is 0. The van der Waals surface area contributed by atoms with Gasteiger partial charge < -0.3 is 19.7 Å². The first-order valence-electron chi connectivity index (χ1n) is 10.3. The predicted molar refractivity (Wildman–Crippen MR) is 106 cm³/mol. The van der Waals surface area contributed by atoms with Gasteiger partial charge in [-0.1, -0.05) is 25.7 Å². The summed E-state index contributed by atoms with van der Waals surface area (Å²) in [6.07, 6.45) is 7.80. The maximum atomic E-state index is 13.5. The van der Waals surface area contributed by atoms with Crippen LogP contribution in [0.5, 0.6) is 11.8 Å². The Hall–Kier alpha value is -2.31. The Morgan fingerprint density at radius 3 is 2.64 bits per heavy atom. The van der Waals surface area contributed by atoms with Gasteiger partial charge in [-0.05, 0) is 31.7 Å². The fraction of sp³-hybridized carbons (Fsp3) is 0.667. The zero-order valence-electron chi connectivity index (χ0n) is 16.9. The molecule has 1 aliphatic carbocycles. The third-order valence-corrected chi connectivity index (χ3v) is 5.82. The largest absolute Gasteiger partial charge is 0.481 e. The molecule has 0 aromatic carbocycles. The topological polar surface area (TPSA) is 80.8 Å². The Morgan fingerprint density at radius 2 is 1.86 bits per heavy atom. The molecule has 0 spiro atoms. The van der Waals surface area contributed by atoms with Crippen LogP contribution in [0.25, 0.3) is 0 Å². The molecule has 28 heavy (non-hydrogen) atoms. The summed E-state index contributed by atoms with van der Waals surface area (Å²) in [6.45, 7) is 1.38. The molecule has 2 amide bonds. The Labute approximate surface area is 166 Å². The number of rotatable bonds is 3. The van der Waals surface area contributed by atoms with Crippen molar-refractivity contribution >= 4 is 11.8 Å². The molecule has 3 rings (SSSR count). The van der Waals surface area contributed by atoms with Crippen LogP contribution in [0.1, 0.15) is 61.7 Å². The predicted octanol–water partition coefficient (Wildman–Crippen LogP) is 2.79. The number of nitrogens with zero attached hydrogens (tertiary/aromatic N) is 2. The molecule has 2 heterocycles. The molecular formula is C21H31N3O4. The molecule has 2 fully saturated rings. The van der Waals surface area contributed by atoms with E-state index < -0.39 is 0 Å². The lowest BCUT2D eigenvalue weighted by molar-refractivity contribution is -0.128. The van der Waals surface area contributed by atoms with Crippen molar-refractivity contribution in [2.45, 2.75) is 57.4 Å². The van der Waals surface area contributed by atoms with Crippen molar-refractivity contribution in [3.63, 3.8) is 0 Å². The van der Waals surface area contributed by atoms with Crippen molar-refractivity contribution < 1.29 is 19.1 Å². The van der Waals surface area contributed by atoms with Gasteiger partial charge in [0.05, 0.1) is 20.1 Å². The first-order chi connectivity index (χ1) is 13.7. The molecule has 1 aliphatic heterocycles. The van der Waals surface area contributed by atoms with Gasteiger partial charge in [-0.15, -0.1) is 0 Å². The fourth-order valence-corrected chi connectivity index (χ4v) is 4.32. The summed E-state index contributed by atoms with van der Waals surface area (Å²) in [5.41, 5.74) is 0.419. The highest BCUT2D eigenvalue weighted by molar-refractivity contribution is 5.97. The lowest BCUT2D eigenvalue weighted by Crippen LogP contribution is -2.51. The number of aromatic nitrogens is 1. The smallest absolute Gasteiger partial charge is 0.259 e. The normalized spacial score (nSPS) is 23.8. The van der Waals surface area contributed by atoms with Gasteiger partial charge in [-0.2, -0.15) is 4.98 Å². The van der Waals surface area contributed by atoms with E-state index in [9.17, 15) is 9.59 Å². The quantitative estimate of drug-likeness (QED) is 0.860. The zero-order chi connectivity index (χ0) is 19.9. The summed E-state index contributed by atoms with van der Waals surface area (Å²) in [7, 11) is 3.03. The monoisotopic (exact) mass is 389 g/mol. The lowest BCUT2D eigenvalue weighted by atomic mass is 9.82. The van der Waals surface area contributed by atoms with E-state index in [1.807, 2.05) is 4.90 Å². The Bertz CT molecular complexity index is 694. The molecule has 1 N–H and O–H groups in total. The molecule has 7 heteroatoms. The number of hydrogen-bond donors (Lipinski definition) is 1. The number of carbonyl (C=O) groups is 2. The minimum Gasteiger partial charge on any atom is -0.481 e. The summed E-state index contributed by atoms with van der Waals surface area (Å²) in [5, 5.41) is 3.09. The molecule has 2 atom stereocenters. The first kappa shape index (κ1) is 20.4. The Morgan fingerprint density at radius 1 is 1.07 bits per heavy atom. The van der Waals surface area contributed by atoms with E-state index in [1.165, 1.54) is 14.2 Å². The molecule has 154 valence electrons. The van der Waals surface area contributed by atoms with Gasteiger partial charge in [-0.25, -0.2) is 0 Å². The number of methoxy groups -OCH3 is 2. The van der Waals surface area contributed by atoms with E-state index in [1.54, 1.807) is 12.1 Å². The minimum atomic E-state index is -0.145. The van der Waals surface area contributed by atoms with Crippen molar-refractivity contribution in [3.8, 4) is 11.8 Å². The number of amides is 2. The SMILES string of the molecule is COc1ccc(C(=O)N2CCCCCCNC(=O)[C@@H]3CCCC[C@@H]32)c(OC)n1. The maximum absolute atomic E-state index is 13.5. The van der Waals surface area contributed by atoms with Crippen LogP contribution in [0.2, 0.25) is 0 Å². The molecule has 1 aromatic rings. The number of pyridine rings is 1. The molecule has 0 bridgehead atoms. The van der Waals surface area contributed by atoms with E-state index in [-0.39, 0.29) is 29.7 Å². The van der Waals surface area contributed by atoms with Gasteiger partial charge in [0, 0.05) is 25.2 Å². The number of nitrogens with one attached hydrogen (secondary N) is 1. The molecule has 0 unspecified atom stereocenters. The van der Waals surface area contributed by atoms with Crippen LogP contribution < -0.4 is 14.8 Å². The Balaban J connectivity index is 1.92. The average Bonchev–Trinajstić information content (AvgIpc) is 2.77. The van der Waals surface area contributed by atoms with Crippen LogP contribution in [-0.2, 0) is 4.79 Å². The third-order valence-electron chi connectivity index (χ3n) is 5.82. The third kappa shape index (κ3) is 4.56. The first-order valence-corrected chi connectivity index (χ1v) is 10.3. The summed E-state index contributed by atoms with van der Waals surface area (Å²) < 4.78 is 10.5. The fourth-order valence-electron chi connectivity index (χ4n) is 4.32. The molecule has 1 saturated carbocycles. The summed E-state index contributed by atoms with van der Waals surface area (Å²) in [4.78, 5) is 32.5. The standard InChI is InChI=1S/C21H31N3O4/c1-27-18-12-11-16(20(23-18)28-2)21(26)24-14-8-4-3-7-13-22-19(25)15-9-5-6-10-17(15)24/h11-12,15,17H,3-10,13-14H2,1-2H3,(H,22,25)/t15-,17+/m1/s1. The van der Waals surface area contributed by atoms with E-state index in [0.29, 0.717) is 18.0 Å². The van der Waals surface area contributed by atoms with Crippen LogP contribution in [-0.4, -0.2) is 55.0 Å². The number of ether oxygens (including phenoxy) is 2. The second-order valence-electron chi connectivity index (χ2n) is 7.57. The van der Waals surface area contributed by atoms with Crippen LogP contribution in [0.15, 0.2) is 12.1 Å². The highest BCUT2D eigenvalue weighted by Crippen LogP contribution is 2.32. The lowest BCUT2D eigenvalue weighted by Gasteiger charge is -2.39. The van der Waals surface area contributed by atoms with Crippen LogP contribution in [0.3, 0.4) is 0 Å². The molecule has 7 nitrogen and oxygen atoms in total. The summed E-state index contributed by atoms with van der Waals surface area (Å²) in [6, 6.07) is 3.30. The van der Waals surface area contributed by atoms with Gasteiger partial charge in [0.2, 0.25) is 17.7 Å². The highest BCUT2D eigenvalue weighted by Gasteiger charge is 2.38. The van der Waals surface area contributed by atoms with Gasteiger partial charge in [0.15, 0.2) is 0 Å².